The molecule has 1 atom stereocenters. The minimum absolute atomic E-state index is 0.0687. The van der Waals surface area contributed by atoms with Crippen LogP contribution in [0, 0.1) is 0 Å². The standard InChI is InChI=1S/C17H22N4O2/c1-2-13(14-6-4-3-5-7-14)12-17(23)19-16-9-11-21(20-16)10-8-15(18)22/h3-7,9,11,13H,2,8,10,12H2,1H3,(H2,18,22)(H,19,20,23)/t13-/m0/s1. The summed E-state index contributed by atoms with van der Waals surface area (Å²) in [7, 11) is 0. The summed E-state index contributed by atoms with van der Waals surface area (Å²) in [5, 5.41) is 7.00. The lowest BCUT2D eigenvalue weighted by atomic mass is 9.93. The molecule has 6 nitrogen and oxygen atoms in total. The number of hydrogen-bond donors (Lipinski definition) is 2. The van der Waals surface area contributed by atoms with E-state index >= 15 is 0 Å². The number of hydrogen-bond acceptors (Lipinski definition) is 3. The van der Waals surface area contributed by atoms with Crippen molar-refractivity contribution < 1.29 is 9.59 Å². The van der Waals surface area contributed by atoms with E-state index in [-0.39, 0.29) is 24.2 Å². The molecular formula is C17H22N4O2. The minimum Gasteiger partial charge on any atom is -0.370 e. The number of amides is 2. The maximum absolute atomic E-state index is 12.2. The van der Waals surface area contributed by atoms with Crippen LogP contribution in [0.25, 0.3) is 0 Å². The predicted molar refractivity (Wildman–Crippen MR) is 88.8 cm³/mol. The van der Waals surface area contributed by atoms with Gasteiger partial charge in [0.2, 0.25) is 11.8 Å². The van der Waals surface area contributed by atoms with Gasteiger partial charge in [0, 0.05) is 31.6 Å². The van der Waals surface area contributed by atoms with Crippen molar-refractivity contribution in [1.82, 2.24) is 9.78 Å². The van der Waals surface area contributed by atoms with E-state index in [4.69, 9.17) is 5.73 Å². The molecule has 0 saturated heterocycles. The first-order chi connectivity index (χ1) is 11.1. The third-order valence-corrected chi connectivity index (χ3v) is 3.69. The first-order valence-electron chi connectivity index (χ1n) is 7.75. The van der Waals surface area contributed by atoms with Gasteiger partial charge in [0.05, 0.1) is 0 Å². The van der Waals surface area contributed by atoms with Gasteiger partial charge in [0.15, 0.2) is 5.82 Å². The lowest BCUT2D eigenvalue weighted by molar-refractivity contribution is -0.118. The van der Waals surface area contributed by atoms with Crippen molar-refractivity contribution in [1.29, 1.82) is 0 Å². The molecule has 23 heavy (non-hydrogen) atoms. The van der Waals surface area contributed by atoms with Crippen LogP contribution in [0.2, 0.25) is 0 Å². The van der Waals surface area contributed by atoms with E-state index in [2.05, 4.69) is 17.3 Å². The van der Waals surface area contributed by atoms with E-state index in [1.165, 1.54) is 0 Å². The fourth-order valence-electron chi connectivity index (χ4n) is 2.42. The number of rotatable bonds is 8. The van der Waals surface area contributed by atoms with Crippen LogP contribution in [0.15, 0.2) is 42.6 Å². The second kappa shape index (κ2) is 8.12. The minimum atomic E-state index is -0.375. The number of nitrogens with one attached hydrogen (secondary N) is 1. The summed E-state index contributed by atoms with van der Waals surface area (Å²) < 4.78 is 1.59. The van der Waals surface area contributed by atoms with Crippen molar-refractivity contribution in [3.63, 3.8) is 0 Å². The summed E-state index contributed by atoms with van der Waals surface area (Å²) in [6.45, 7) is 2.48. The number of nitrogens with zero attached hydrogens (tertiary/aromatic N) is 2. The molecule has 0 unspecified atom stereocenters. The predicted octanol–water partition coefficient (Wildman–Crippen LogP) is 2.28. The Kier molecular flexibility index (Phi) is 5.91. The SMILES string of the molecule is CC[C@@H](CC(=O)Nc1ccn(CCC(N)=O)n1)c1ccccc1. The number of nitrogens with two attached hydrogens (primary N) is 1. The molecule has 1 heterocycles. The third kappa shape index (κ3) is 5.25. The number of anilines is 1. The van der Waals surface area contributed by atoms with Crippen molar-refractivity contribution in [3.8, 4) is 0 Å². The molecule has 0 aliphatic rings. The average Bonchev–Trinajstić information content (AvgIpc) is 2.99. The third-order valence-electron chi connectivity index (χ3n) is 3.69. The molecular weight excluding hydrogens is 292 g/mol. The molecule has 0 fully saturated rings. The number of carbonyl (C=O) groups is 2. The van der Waals surface area contributed by atoms with Gasteiger partial charge in [-0.1, -0.05) is 37.3 Å². The Morgan fingerprint density at radius 1 is 1.26 bits per heavy atom. The largest absolute Gasteiger partial charge is 0.370 e. The topological polar surface area (TPSA) is 90.0 Å². The quantitative estimate of drug-likeness (QED) is 0.783. The van der Waals surface area contributed by atoms with Gasteiger partial charge < -0.3 is 11.1 Å². The highest BCUT2D eigenvalue weighted by atomic mass is 16.2. The highest BCUT2D eigenvalue weighted by Crippen LogP contribution is 2.23. The van der Waals surface area contributed by atoms with Gasteiger partial charge >= 0.3 is 0 Å². The number of aryl methyl sites for hydroxylation is 1. The zero-order valence-corrected chi connectivity index (χ0v) is 13.2. The van der Waals surface area contributed by atoms with Crippen LogP contribution >= 0.6 is 0 Å². The van der Waals surface area contributed by atoms with Crippen molar-refractivity contribution in [2.75, 3.05) is 5.32 Å². The lowest BCUT2D eigenvalue weighted by Gasteiger charge is -2.14. The fraction of sp³-hybridized carbons (Fsp3) is 0.353. The zero-order chi connectivity index (χ0) is 16.7. The number of primary amides is 1. The van der Waals surface area contributed by atoms with Crippen molar-refractivity contribution in [2.45, 2.75) is 38.6 Å². The molecule has 0 aliphatic heterocycles. The van der Waals surface area contributed by atoms with E-state index in [0.29, 0.717) is 18.8 Å². The first-order valence-corrected chi connectivity index (χ1v) is 7.75. The van der Waals surface area contributed by atoms with E-state index in [1.807, 2.05) is 30.3 Å². The first kappa shape index (κ1) is 16.7. The molecule has 0 spiro atoms. The fourth-order valence-corrected chi connectivity index (χ4v) is 2.42. The van der Waals surface area contributed by atoms with Crippen LogP contribution in [-0.4, -0.2) is 21.6 Å². The molecule has 1 aromatic heterocycles. The molecule has 6 heteroatoms. The monoisotopic (exact) mass is 314 g/mol. The molecule has 2 amide bonds. The Bertz CT molecular complexity index is 652. The van der Waals surface area contributed by atoms with Gasteiger partial charge in [-0.05, 0) is 17.9 Å². The second-order valence-electron chi connectivity index (χ2n) is 5.45. The summed E-state index contributed by atoms with van der Waals surface area (Å²) >= 11 is 0. The Balaban J connectivity index is 1.90. The zero-order valence-electron chi connectivity index (χ0n) is 13.2. The molecule has 0 aliphatic carbocycles. The summed E-state index contributed by atoms with van der Waals surface area (Å²) in [5.41, 5.74) is 6.27. The normalized spacial score (nSPS) is 11.9. The summed E-state index contributed by atoms with van der Waals surface area (Å²) in [6.07, 6.45) is 3.24. The van der Waals surface area contributed by atoms with Crippen LogP contribution in [-0.2, 0) is 16.1 Å². The van der Waals surface area contributed by atoms with Gasteiger partial charge in [0.25, 0.3) is 0 Å². The van der Waals surface area contributed by atoms with Crippen LogP contribution in [0.4, 0.5) is 5.82 Å². The highest BCUT2D eigenvalue weighted by molar-refractivity contribution is 5.90. The second-order valence-corrected chi connectivity index (χ2v) is 5.45. The summed E-state index contributed by atoms with van der Waals surface area (Å²) in [4.78, 5) is 23.0. The summed E-state index contributed by atoms with van der Waals surface area (Å²) in [5.74, 6) is 0.233. The van der Waals surface area contributed by atoms with E-state index < -0.39 is 0 Å². The average molecular weight is 314 g/mol. The van der Waals surface area contributed by atoms with Gasteiger partial charge in [-0.3, -0.25) is 14.3 Å². The van der Waals surface area contributed by atoms with Gasteiger partial charge in [0.1, 0.15) is 0 Å². The highest BCUT2D eigenvalue weighted by Gasteiger charge is 2.15. The van der Waals surface area contributed by atoms with Gasteiger partial charge in [-0.2, -0.15) is 5.10 Å². The smallest absolute Gasteiger partial charge is 0.226 e. The van der Waals surface area contributed by atoms with Crippen LogP contribution in [0.5, 0.6) is 0 Å². The Hall–Kier alpha value is -2.63. The van der Waals surface area contributed by atoms with Gasteiger partial charge in [-0.15, -0.1) is 0 Å². The maximum Gasteiger partial charge on any atom is 0.226 e. The lowest BCUT2D eigenvalue weighted by Crippen LogP contribution is -2.17. The van der Waals surface area contributed by atoms with Crippen LogP contribution < -0.4 is 11.1 Å². The number of benzene rings is 1. The van der Waals surface area contributed by atoms with Crippen molar-refractivity contribution in [3.05, 3.63) is 48.2 Å². The number of aromatic nitrogens is 2. The Morgan fingerprint density at radius 3 is 2.65 bits per heavy atom. The van der Waals surface area contributed by atoms with E-state index in [9.17, 15) is 9.59 Å². The van der Waals surface area contributed by atoms with Gasteiger partial charge in [-0.25, -0.2) is 0 Å². The Morgan fingerprint density at radius 2 is 2.00 bits per heavy atom. The van der Waals surface area contributed by atoms with Crippen LogP contribution in [0.1, 0.15) is 37.7 Å². The van der Waals surface area contributed by atoms with E-state index in [1.54, 1.807) is 16.9 Å². The maximum atomic E-state index is 12.2. The molecule has 0 radical (unpaired) electrons. The van der Waals surface area contributed by atoms with Crippen molar-refractivity contribution in [2.24, 2.45) is 5.73 Å². The number of carbonyl (C=O) groups excluding carboxylic acids is 2. The van der Waals surface area contributed by atoms with E-state index in [0.717, 1.165) is 12.0 Å². The molecule has 0 saturated carbocycles. The summed E-state index contributed by atoms with van der Waals surface area (Å²) in [6, 6.07) is 11.7. The molecule has 3 N–H and O–H groups in total. The molecule has 1 aromatic carbocycles. The van der Waals surface area contributed by atoms with Crippen molar-refractivity contribution >= 4 is 17.6 Å². The molecule has 2 rings (SSSR count). The molecule has 2 aromatic rings. The van der Waals surface area contributed by atoms with Crippen LogP contribution in [0.3, 0.4) is 0 Å². The molecule has 0 bridgehead atoms. The Labute approximate surface area is 135 Å². The molecule has 122 valence electrons.